The Morgan fingerprint density at radius 1 is 1.25 bits per heavy atom. The van der Waals surface area contributed by atoms with Crippen LogP contribution in [0.25, 0.3) is 10.9 Å². The van der Waals surface area contributed by atoms with Crippen molar-refractivity contribution in [3.8, 4) is 5.75 Å². The van der Waals surface area contributed by atoms with Crippen LogP contribution in [-0.4, -0.2) is 10.1 Å². The lowest BCUT2D eigenvalue weighted by atomic mass is 9.82. The molecule has 3 rings (SSSR count). The van der Waals surface area contributed by atoms with Crippen molar-refractivity contribution in [2.45, 2.75) is 25.2 Å². The summed E-state index contributed by atoms with van der Waals surface area (Å²) >= 11 is 5.94. The number of hydrogen-bond acceptors (Lipinski definition) is 2. The number of aromatic nitrogens is 1. The summed E-state index contributed by atoms with van der Waals surface area (Å²) in [6, 6.07) is 7.33. The highest BCUT2D eigenvalue weighted by Crippen LogP contribution is 2.40. The first kappa shape index (κ1) is 9.91. The van der Waals surface area contributed by atoms with Gasteiger partial charge in [-0.2, -0.15) is 0 Å². The smallest absolute Gasteiger partial charge is 0.138 e. The van der Waals surface area contributed by atoms with Crippen LogP contribution in [0.1, 0.15) is 30.9 Å². The highest BCUT2D eigenvalue weighted by molar-refractivity contribution is 6.31. The van der Waals surface area contributed by atoms with Crippen molar-refractivity contribution in [2.24, 2.45) is 0 Å². The summed E-state index contributed by atoms with van der Waals surface area (Å²) < 4.78 is 0. The molecule has 0 atom stereocenters. The molecule has 82 valence electrons. The van der Waals surface area contributed by atoms with E-state index in [0.717, 1.165) is 29.4 Å². The molecular weight excluding hydrogens is 222 g/mol. The minimum atomic E-state index is 0.319. The van der Waals surface area contributed by atoms with E-state index in [2.05, 4.69) is 4.98 Å². The molecule has 0 amide bonds. The van der Waals surface area contributed by atoms with Crippen molar-refractivity contribution < 1.29 is 5.11 Å². The van der Waals surface area contributed by atoms with Gasteiger partial charge in [0, 0.05) is 16.3 Å². The third kappa shape index (κ3) is 1.54. The highest BCUT2D eigenvalue weighted by atomic mass is 35.5. The lowest BCUT2D eigenvalue weighted by Gasteiger charge is -2.25. The zero-order valence-electron chi connectivity index (χ0n) is 8.78. The second-order valence-electron chi connectivity index (χ2n) is 4.36. The predicted octanol–water partition coefficient (Wildman–Crippen LogP) is 3.86. The van der Waals surface area contributed by atoms with Gasteiger partial charge in [-0.3, -0.25) is 0 Å². The summed E-state index contributed by atoms with van der Waals surface area (Å²) in [6.07, 6.45) is 3.50. The van der Waals surface area contributed by atoms with Crippen LogP contribution in [-0.2, 0) is 0 Å². The van der Waals surface area contributed by atoms with Crippen LogP contribution in [0, 0.1) is 0 Å². The van der Waals surface area contributed by atoms with Crippen LogP contribution < -0.4 is 0 Å². The molecule has 1 N–H and O–H groups in total. The quantitative estimate of drug-likeness (QED) is 0.811. The first-order valence-corrected chi connectivity index (χ1v) is 5.91. The molecule has 0 unspecified atom stereocenters. The fourth-order valence-corrected chi connectivity index (χ4v) is 2.29. The molecule has 2 nitrogen and oxygen atoms in total. The van der Waals surface area contributed by atoms with Crippen molar-refractivity contribution in [1.29, 1.82) is 0 Å². The van der Waals surface area contributed by atoms with Gasteiger partial charge in [0.05, 0.1) is 11.2 Å². The van der Waals surface area contributed by atoms with Crippen molar-refractivity contribution in [2.75, 3.05) is 0 Å². The van der Waals surface area contributed by atoms with E-state index in [1.165, 1.54) is 6.42 Å². The monoisotopic (exact) mass is 233 g/mol. The number of hydrogen-bond donors (Lipinski definition) is 1. The number of nitrogens with zero attached hydrogens (tertiary/aromatic N) is 1. The Morgan fingerprint density at radius 3 is 2.75 bits per heavy atom. The topological polar surface area (TPSA) is 33.1 Å². The third-order valence-electron chi connectivity index (χ3n) is 3.28. The van der Waals surface area contributed by atoms with Gasteiger partial charge in [-0.15, -0.1) is 0 Å². The van der Waals surface area contributed by atoms with E-state index in [9.17, 15) is 5.11 Å². The second kappa shape index (κ2) is 3.63. The van der Waals surface area contributed by atoms with E-state index in [1.807, 2.05) is 18.2 Å². The first-order chi connectivity index (χ1) is 7.74. The Kier molecular flexibility index (Phi) is 2.25. The van der Waals surface area contributed by atoms with Crippen LogP contribution in [0.4, 0.5) is 0 Å². The first-order valence-electron chi connectivity index (χ1n) is 5.53. The second-order valence-corrected chi connectivity index (χ2v) is 4.79. The average molecular weight is 234 g/mol. The molecule has 0 spiro atoms. The molecule has 1 saturated carbocycles. The van der Waals surface area contributed by atoms with E-state index in [0.29, 0.717) is 16.7 Å². The normalized spacial score (nSPS) is 16.3. The van der Waals surface area contributed by atoms with Gasteiger partial charge < -0.3 is 5.11 Å². The number of benzene rings is 1. The van der Waals surface area contributed by atoms with Crippen molar-refractivity contribution in [1.82, 2.24) is 4.98 Å². The highest BCUT2D eigenvalue weighted by Gasteiger charge is 2.24. The molecule has 16 heavy (non-hydrogen) atoms. The van der Waals surface area contributed by atoms with Crippen molar-refractivity contribution in [3.05, 3.63) is 35.0 Å². The lowest BCUT2D eigenvalue weighted by Crippen LogP contribution is -2.10. The largest absolute Gasteiger partial charge is 0.506 e. The molecule has 1 aliphatic carbocycles. The van der Waals surface area contributed by atoms with Gasteiger partial charge in [-0.05, 0) is 31.0 Å². The molecule has 1 heterocycles. The zero-order chi connectivity index (χ0) is 11.1. The van der Waals surface area contributed by atoms with Gasteiger partial charge >= 0.3 is 0 Å². The maximum atomic E-state index is 9.92. The minimum absolute atomic E-state index is 0.319. The third-order valence-corrected chi connectivity index (χ3v) is 3.52. The molecule has 0 saturated heterocycles. The fraction of sp³-hybridized carbons (Fsp3) is 0.308. The molecule has 0 radical (unpaired) electrons. The Hall–Kier alpha value is -1.28. The van der Waals surface area contributed by atoms with Crippen molar-refractivity contribution >= 4 is 22.5 Å². The predicted molar refractivity (Wildman–Crippen MR) is 65.0 cm³/mol. The minimum Gasteiger partial charge on any atom is -0.506 e. The van der Waals surface area contributed by atoms with Crippen LogP contribution in [0.15, 0.2) is 24.3 Å². The van der Waals surface area contributed by atoms with Crippen LogP contribution in [0.5, 0.6) is 5.75 Å². The summed E-state index contributed by atoms with van der Waals surface area (Å²) in [7, 11) is 0. The Bertz CT molecular complexity index is 549. The Labute approximate surface area is 98.9 Å². The molecule has 0 aliphatic heterocycles. The Morgan fingerprint density at radius 2 is 2.06 bits per heavy atom. The molecule has 2 aromatic rings. The zero-order valence-corrected chi connectivity index (χ0v) is 9.54. The van der Waals surface area contributed by atoms with E-state index in [1.54, 1.807) is 6.07 Å². The van der Waals surface area contributed by atoms with Gasteiger partial charge in [0.1, 0.15) is 5.75 Å². The van der Waals surface area contributed by atoms with E-state index in [-0.39, 0.29) is 0 Å². The molecular formula is C13H12ClNO. The number of fused-ring (bicyclic) bond motifs is 1. The van der Waals surface area contributed by atoms with Gasteiger partial charge in [0.2, 0.25) is 0 Å². The number of pyridine rings is 1. The Balaban J connectivity index is 2.18. The van der Waals surface area contributed by atoms with E-state index in [4.69, 9.17) is 11.6 Å². The summed E-state index contributed by atoms with van der Waals surface area (Å²) in [5, 5.41) is 11.5. The van der Waals surface area contributed by atoms with Crippen LogP contribution in [0.3, 0.4) is 0 Å². The van der Waals surface area contributed by atoms with Gasteiger partial charge in [-0.25, -0.2) is 4.98 Å². The molecule has 1 fully saturated rings. The van der Waals surface area contributed by atoms with Crippen molar-refractivity contribution in [3.63, 3.8) is 0 Å². The molecule has 1 aromatic heterocycles. The summed E-state index contributed by atoms with van der Waals surface area (Å²) in [5.41, 5.74) is 1.70. The fourth-order valence-electron chi connectivity index (χ4n) is 2.13. The molecule has 1 aromatic carbocycles. The standard InChI is InChI=1S/C13H12ClNO/c14-10-5-4-9-6-12(16)13(8-2-1-3-8)15-11(9)7-10/h4-8,16H,1-3H2. The van der Waals surface area contributed by atoms with Gasteiger partial charge in [0.15, 0.2) is 0 Å². The van der Waals surface area contributed by atoms with Gasteiger partial charge in [-0.1, -0.05) is 24.1 Å². The maximum absolute atomic E-state index is 9.92. The SMILES string of the molecule is Oc1cc2ccc(Cl)cc2nc1C1CCC1. The number of aromatic hydroxyl groups is 1. The average Bonchev–Trinajstić information content (AvgIpc) is 2.17. The lowest BCUT2D eigenvalue weighted by molar-refractivity contribution is 0.385. The maximum Gasteiger partial charge on any atom is 0.138 e. The number of rotatable bonds is 1. The van der Waals surface area contributed by atoms with Gasteiger partial charge in [0.25, 0.3) is 0 Å². The summed E-state index contributed by atoms with van der Waals surface area (Å²) in [5.74, 6) is 0.753. The van der Waals surface area contributed by atoms with E-state index >= 15 is 0 Å². The van der Waals surface area contributed by atoms with Crippen LogP contribution >= 0.6 is 11.6 Å². The summed E-state index contributed by atoms with van der Waals surface area (Å²) in [4.78, 5) is 4.52. The number of halogens is 1. The molecule has 0 bridgehead atoms. The summed E-state index contributed by atoms with van der Waals surface area (Å²) in [6.45, 7) is 0. The molecule has 1 aliphatic rings. The molecule has 3 heteroatoms. The van der Waals surface area contributed by atoms with E-state index < -0.39 is 0 Å². The van der Waals surface area contributed by atoms with Crippen LogP contribution in [0.2, 0.25) is 5.02 Å².